The average molecular weight is 264 g/mol. The fourth-order valence-corrected chi connectivity index (χ4v) is 2.63. The normalized spacial score (nSPS) is 26.7. The number of hydrogen-bond acceptors (Lipinski definition) is 4. The molecule has 1 saturated heterocycles. The smallest absolute Gasteiger partial charge is 0.254 e. The third-order valence-electron chi connectivity index (χ3n) is 3.52. The van der Waals surface area contributed by atoms with Crippen LogP contribution in [0.1, 0.15) is 26.7 Å². The van der Waals surface area contributed by atoms with Crippen LogP contribution in [0.15, 0.2) is 12.2 Å². The zero-order valence-corrected chi connectivity index (χ0v) is 11.0. The molecule has 2 aliphatic rings. The van der Waals surface area contributed by atoms with Crippen molar-refractivity contribution in [3.8, 4) is 0 Å². The number of hydrogen-bond donors (Lipinski definition) is 0. The third-order valence-corrected chi connectivity index (χ3v) is 3.52. The molecule has 0 aromatic rings. The van der Waals surface area contributed by atoms with Gasteiger partial charge in [0.05, 0.1) is 6.54 Å². The van der Waals surface area contributed by atoms with Gasteiger partial charge in [-0.2, -0.15) is 0 Å². The third kappa shape index (κ3) is 2.30. The van der Waals surface area contributed by atoms with Crippen LogP contribution in [0, 0.1) is 0 Å². The molecule has 6 heteroatoms. The summed E-state index contributed by atoms with van der Waals surface area (Å²) in [6.07, 6.45) is 3.44. The first-order valence-electron chi connectivity index (χ1n) is 6.30. The summed E-state index contributed by atoms with van der Waals surface area (Å²) in [6.45, 7) is 3.37. The molecule has 0 bridgehead atoms. The molecule has 19 heavy (non-hydrogen) atoms. The molecule has 0 aromatic heterocycles. The topological polar surface area (TPSA) is 74.8 Å². The number of nitrogens with zero attached hydrogens (tertiary/aromatic N) is 2. The Labute approximate surface area is 111 Å². The number of ketones is 1. The molecular formula is C13H16N2O4. The fourth-order valence-electron chi connectivity index (χ4n) is 2.63. The molecule has 0 spiro atoms. The molecule has 102 valence electrons. The Bertz CT molecular complexity index is 465. The van der Waals surface area contributed by atoms with Gasteiger partial charge in [-0.05, 0) is 19.8 Å². The maximum absolute atomic E-state index is 12.3. The molecule has 2 aliphatic heterocycles. The van der Waals surface area contributed by atoms with Crippen LogP contribution < -0.4 is 0 Å². The van der Waals surface area contributed by atoms with Crippen LogP contribution in [-0.4, -0.2) is 51.9 Å². The second-order valence-corrected chi connectivity index (χ2v) is 4.86. The number of carbonyl (C=O) groups is 4. The van der Waals surface area contributed by atoms with Gasteiger partial charge in [-0.25, -0.2) is 0 Å². The molecule has 1 fully saturated rings. The van der Waals surface area contributed by atoms with E-state index in [-0.39, 0.29) is 24.3 Å². The lowest BCUT2D eigenvalue weighted by atomic mass is 10.1. The first-order valence-corrected chi connectivity index (χ1v) is 6.30. The number of Topliss-reactive ketones (excluding diaryl/α,β-unsaturated/α-hetero) is 1. The van der Waals surface area contributed by atoms with Gasteiger partial charge in [-0.3, -0.25) is 24.1 Å². The van der Waals surface area contributed by atoms with Crippen LogP contribution in [0.3, 0.4) is 0 Å². The summed E-state index contributed by atoms with van der Waals surface area (Å²) < 4.78 is 0. The molecule has 2 rings (SSSR count). The van der Waals surface area contributed by atoms with Crippen LogP contribution in [0.25, 0.3) is 0 Å². The second kappa shape index (κ2) is 4.95. The van der Waals surface area contributed by atoms with Crippen molar-refractivity contribution in [3.63, 3.8) is 0 Å². The zero-order chi connectivity index (χ0) is 14.2. The fraction of sp³-hybridized carbons (Fsp3) is 0.538. The van der Waals surface area contributed by atoms with Gasteiger partial charge in [0.15, 0.2) is 0 Å². The van der Waals surface area contributed by atoms with Gasteiger partial charge in [0.25, 0.3) is 11.8 Å². The largest absolute Gasteiger partial charge is 0.331 e. The van der Waals surface area contributed by atoms with Crippen molar-refractivity contribution in [3.05, 3.63) is 12.2 Å². The van der Waals surface area contributed by atoms with Crippen LogP contribution in [0.2, 0.25) is 0 Å². The maximum atomic E-state index is 12.3. The molecule has 0 aromatic carbocycles. The van der Waals surface area contributed by atoms with E-state index in [2.05, 4.69) is 0 Å². The van der Waals surface area contributed by atoms with E-state index in [1.807, 2.05) is 6.92 Å². The quantitative estimate of drug-likeness (QED) is 0.663. The van der Waals surface area contributed by atoms with Crippen molar-refractivity contribution in [2.45, 2.75) is 38.8 Å². The lowest BCUT2D eigenvalue weighted by Crippen LogP contribution is -2.46. The number of rotatable bonds is 4. The Morgan fingerprint density at radius 2 is 1.84 bits per heavy atom. The number of imide groups is 1. The molecule has 2 unspecified atom stereocenters. The Balaban J connectivity index is 2.20. The van der Waals surface area contributed by atoms with E-state index < -0.39 is 17.9 Å². The van der Waals surface area contributed by atoms with E-state index in [1.165, 1.54) is 24.0 Å². The number of carbonyl (C=O) groups excluding carboxylic acids is 4. The standard InChI is InChI=1S/C13H16N2O4/c1-3-9-6-10(13(19)14(9)7-8(2)16)15-11(17)4-5-12(15)18/h4-5,9-10H,3,6-7H2,1-2H3. The minimum Gasteiger partial charge on any atom is -0.331 e. The van der Waals surface area contributed by atoms with E-state index in [1.54, 1.807) is 0 Å². The monoisotopic (exact) mass is 264 g/mol. The van der Waals surface area contributed by atoms with Gasteiger partial charge in [0.1, 0.15) is 11.8 Å². The highest BCUT2D eigenvalue weighted by Gasteiger charge is 2.46. The van der Waals surface area contributed by atoms with Gasteiger partial charge in [0.2, 0.25) is 5.91 Å². The highest BCUT2D eigenvalue weighted by Crippen LogP contribution is 2.27. The summed E-state index contributed by atoms with van der Waals surface area (Å²) in [5, 5.41) is 0. The SMILES string of the molecule is CCC1CC(N2C(=O)C=CC2=O)C(=O)N1CC(C)=O. The predicted molar refractivity (Wildman–Crippen MR) is 65.9 cm³/mol. The van der Waals surface area contributed by atoms with E-state index >= 15 is 0 Å². The molecular weight excluding hydrogens is 248 g/mol. The summed E-state index contributed by atoms with van der Waals surface area (Å²) in [7, 11) is 0. The van der Waals surface area contributed by atoms with Crippen molar-refractivity contribution in [1.82, 2.24) is 9.80 Å². The maximum Gasteiger partial charge on any atom is 0.254 e. The van der Waals surface area contributed by atoms with Crippen molar-refractivity contribution >= 4 is 23.5 Å². The Morgan fingerprint density at radius 3 is 2.32 bits per heavy atom. The molecule has 2 heterocycles. The van der Waals surface area contributed by atoms with Crippen LogP contribution in [0.5, 0.6) is 0 Å². The van der Waals surface area contributed by atoms with E-state index in [0.29, 0.717) is 12.8 Å². The van der Waals surface area contributed by atoms with Crippen LogP contribution in [-0.2, 0) is 19.2 Å². The molecule has 2 atom stereocenters. The van der Waals surface area contributed by atoms with Crippen molar-refractivity contribution in [1.29, 1.82) is 0 Å². The molecule has 0 aliphatic carbocycles. The van der Waals surface area contributed by atoms with Crippen LogP contribution >= 0.6 is 0 Å². The Hall–Kier alpha value is -1.98. The number of likely N-dealkylation sites (tertiary alicyclic amines) is 1. The van der Waals surface area contributed by atoms with E-state index in [0.717, 1.165) is 4.90 Å². The minimum absolute atomic E-state index is 0.0392. The minimum atomic E-state index is -0.765. The summed E-state index contributed by atoms with van der Waals surface area (Å²) in [4.78, 5) is 49.2. The van der Waals surface area contributed by atoms with E-state index in [4.69, 9.17) is 0 Å². The lowest BCUT2D eigenvalue weighted by molar-refractivity contribution is -0.146. The molecule has 0 saturated carbocycles. The van der Waals surface area contributed by atoms with Crippen molar-refractivity contribution < 1.29 is 19.2 Å². The van der Waals surface area contributed by atoms with Crippen molar-refractivity contribution in [2.24, 2.45) is 0 Å². The van der Waals surface area contributed by atoms with Gasteiger partial charge in [-0.1, -0.05) is 6.92 Å². The Kier molecular flexibility index (Phi) is 3.50. The zero-order valence-electron chi connectivity index (χ0n) is 11.0. The second-order valence-electron chi connectivity index (χ2n) is 4.86. The summed E-state index contributed by atoms with van der Waals surface area (Å²) in [5.74, 6) is -1.33. The van der Waals surface area contributed by atoms with Crippen molar-refractivity contribution in [2.75, 3.05) is 6.54 Å². The van der Waals surface area contributed by atoms with Gasteiger partial charge in [-0.15, -0.1) is 0 Å². The van der Waals surface area contributed by atoms with Gasteiger partial charge < -0.3 is 4.90 Å². The number of amides is 3. The molecule has 0 radical (unpaired) electrons. The van der Waals surface area contributed by atoms with Gasteiger partial charge in [0, 0.05) is 18.2 Å². The van der Waals surface area contributed by atoms with Crippen LogP contribution in [0.4, 0.5) is 0 Å². The molecule has 0 N–H and O–H groups in total. The molecule has 3 amide bonds. The summed E-state index contributed by atoms with van der Waals surface area (Å²) in [5.41, 5.74) is 0. The van der Waals surface area contributed by atoms with Gasteiger partial charge >= 0.3 is 0 Å². The highest BCUT2D eigenvalue weighted by molar-refractivity contribution is 6.15. The predicted octanol–water partition coefficient (Wildman–Crippen LogP) is -0.120. The lowest BCUT2D eigenvalue weighted by Gasteiger charge is -2.22. The first-order chi connectivity index (χ1) is 8.95. The summed E-state index contributed by atoms with van der Waals surface area (Å²) >= 11 is 0. The highest BCUT2D eigenvalue weighted by atomic mass is 16.2. The summed E-state index contributed by atoms with van der Waals surface area (Å²) in [6, 6.07) is -0.859. The Morgan fingerprint density at radius 1 is 1.26 bits per heavy atom. The molecule has 6 nitrogen and oxygen atoms in total. The average Bonchev–Trinajstić information content (AvgIpc) is 2.82. The first kappa shape index (κ1) is 13.5. The van der Waals surface area contributed by atoms with E-state index in [9.17, 15) is 19.2 Å².